The highest BCUT2D eigenvalue weighted by Crippen LogP contribution is 2.38. The Kier molecular flexibility index (Phi) is 4.03. The summed E-state index contributed by atoms with van der Waals surface area (Å²) in [6.07, 6.45) is 3.57. The summed E-state index contributed by atoms with van der Waals surface area (Å²) in [6, 6.07) is 5.29. The van der Waals surface area contributed by atoms with Crippen LogP contribution in [0.1, 0.15) is 32.1 Å². The molecular weight excluding hydrogens is 293 g/mol. The van der Waals surface area contributed by atoms with Gasteiger partial charge in [-0.1, -0.05) is 18.6 Å². The Morgan fingerprint density at radius 2 is 1.90 bits per heavy atom. The normalized spacial score (nSPS) is 30.9. The second-order valence-electron chi connectivity index (χ2n) is 5.92. The summed E-state index contributed by atoms with van der Waals surface area (Å²) in [5.41, 5.74) is 0. The second-order valence-corrected chi connectivity index (χ2v) is 7.78. The van der Waals surface area contributed by atoms with Crippen LogP contribution in [0.5, 0.6) is 0 Å². The quantitative estimate of drug-likeness (QED) is 0.930. The van der Waals surface area contributed by atoms with Crippen LogP contribution in [0.2, 0.25) is 0 Å². The number of nitrogens with zero attached hydrogens (tertiary/aromatic N) is 1. The first-order valence-corrected chi connectivity index (χ1v) is 8.90. The first kappa shape index (κ1) is 14.9. The first-order valence-electron chi connectivity index (χ1n) is 7.46. The van der Waals surface area contributed by atoms with Crippen LogP contribution in [0.4, 0.5) is 4.39 Å². The van der Waals surface area contributed by atoms with Crippen molar-refractivity contribution in [2.24, 2.45) is 5.92 Å². The van der Waals surface area contributed by atoms with E-state index in [1.54, 1.807) is 0 Å². The van der Waals surface area contributed by atoms with Crippen LogP contribution in [-0.4, -0.2) is 36.5 Å². The van der Waals surface area contributed by atoms with Gasteiger partial charge < -0.3 is 5.11 Å². The second kappa shape index (κ2) is 5.66. The van der Waals surface area contributed by atoms with Crippen LogP contribution in [-0.2, 0) is 10.0 Å². The molecule has 1 aromatic carbocycles. The monoisotopic (exact) mass is 313 g/mol. The molecule has 2 aliphatic rings. The van der Waals surface area contributed by atoms with Crippen molar-refractivity contribution in [3.63, 3.8) is 0 Å². The highest BCUT2D eigenvalue weighted by atomic mass is 32.2. The van der Waals surface area contributed by atoms with Gasteiger partial charge in [-0.05, 0) is 37.8 Å². The molecule has 1 aliphatic carbocycles. The molecule has 1 aromatic rings. The number of aliphatic hydroxyl groups is 1. The highest BCUT2D eigenvalue weighted by Gasteiger charge is 2.43. The molecule has 0 aromatic heterocycles. The summed E-state index contributed by atoms with van der Waals surface area (Å²) < 4.78 is 40.7. The van der Waals surface area contributed by atoms with Crippen molar-refractivity contribution in [3.8, 4) is 0 Å². The molecule has 4 nitrogen and oxygen atoms in total. The van der Waals surface area contributed by atoms with Crippen molar-refractivity contribution in [1.29, 1.82) is 0 Å². The van der Waals surface area contributed by atoms with Crippen molar-refractivity contribution in [2.45, 2.75) is 49.1 Å². The largest absolute Gasteiger partial charge is 0.393 e. The zero-order valence-corrected chi connectivity index (χ0v) is 12.6. The highest BCUT2D eigenvalue weighted by molar-refractivity contribution is 7.89. The molecule has 6 heteroatoms. The molecule has 116 valence electrons. The summed E-state index contributed by atoms with van der Waals surface area (Å²) in [5.74, 6) is -0.732. The van der Waals surface area contributed by atoms with Gasteiger partial charge in [-0.3, -0.25) is 0 Å². The third-order valence-corrected chi connectivity index (χ3v) is 6.66. The molecular formula is C15H20FNO3S. The molecule has 1 N–H and O–H groups in total. The fraction of sp³-hybridized carbons (Fsp3) is 0.600. The number of benzene rings is 1. The number of hydrogen-bond acceptors (Lipinski definition) is 3. The van der Waals surface area contributed by atoms with Gasteiger partial charge in [0.2, 0.25) is 10.0 Å². The zero-order valence-electron chi connectivity index (χ0n) is 11.8. The summed E-state index contributed by atoms with van der Waals surface area (Å²) in [6.45, 7) is 0.407. The summed E-state index contributed by atoms with van der Waals surface area (Å²) in [7, 11) is -3.83. The molecule has 1 aliphatic heterocycles. The molecule has 2 fully saturated rings. The average molecular weight is 313 g/mol. The molecule has 1 saturated heterocycles. The Morgan fingerprint density at radius 1 is 1.14 bits per heavy atom. The molecule has 21 heavy (non-hydrogen) atoms. The van der Waals surface area contributed by atoms with Gasteiger partial charge in [0.05, 0.1) is 6.10 Å². The molecule has 0 spiro atoms. The van der Waals surface area contributed by atoms with Gasteiger partial charge >= 0.3 is 0 Å². The fourth-order valence-corrected chi connectivity index (χ4v) is 5.50. The number of aliphatic hydroxyl groups excluding tert-OH is 1. The standard InChI is InChI=1S/C15H20FNO3S/c16-12-6-1-2-9-15(12)21(19,20)17-10-4-7-13(17)11-5-3-8-14(11)18/h1-2,6,9,11,13-14,18H,3-5,7-8,10H2. The summed E-state index contributed by atoms with van der Waals surface area (Å²) >= 11 is 0. The molecule has 1 saturated carbocycles. The van der Waals surface area contributed by atoms with Crippen molar-refractivity contribution >= 4 is 10.0 Å². The maximum atomic E-state index is 13.9. The maximum Gasteiger partial charge on any atom is 0.246 e. The molecule has 1 heterocycles. The van der Waals surface area contributed by atoms with Gasteiger partial charge in [0.25, 0.3) is 0 Å². The predicted molar refractivity (Wildman–Crippen MR) is 76.7 cm³/mol. The number of rotatable bonds is 3. The van der Waals surface area contributed by atoms with E-state index < -0.39 is 21.9 Å². The smallest absolute Gasteiger partial charge is 0.246 e. The van der Waals surface area contributed by atoms with E-state index >= 15 is 0 Å². The fourth-order valence-electron chi connectivity index (χ4n) is 3.69. The third-order valence-electron chi connectivity index (χ3n) is 4.70. The zero-order chi connectivity index (χ0) is 15.0. The van der Waals surface area contributed by atoms with E-state index in [2.05, 4.69) is 0 Å². The topological polar surface area (TPSA) is 57.6 Å². The van der Waals surface area contributed by atoms with Gasteiger partial charge in [-0.15, -0.1) is 0 Å². The van der Waals surface area contributed by atoms with Crippen molar-refractivity contribution in [1.82, 2.24) is 4.31 Å². The van der Waals surface area contributed by atoms with E-state index in [9.17, 15) is 17.9 Å². The van der Waals surface area contributed by atoms with Crippen molar-refractivity contribution in [2.75, 3.05) is 6.54 Å². The number of sulfonamides is 1. The van der Waals surface area contributed by atoms with Gasteiger partial charge in [0.1, 0.15) is 10.7 Å². The van der Waals surface area contributed by atoms with Gasteiger partial charge in [0, 0.05) is 18.5 Å². The lowest BCUT2D eigenvalue weighted by Gasteiger charge is -2.30. The first-order chi connectivity index (χ1) is 10.0. The Bertz CT molecular complexity index is 619. The minimum atomic E-state index is -3.83. The predicted octanol–water partition coefficient (Wildman–Crippen LogP) is 2.14. The van der Waals surface area contributed by atoms with Crippen LogP contribution in [0.25, 0.3) is 0 Å². The average Bonchev–Trinajstić information content (AvgIpc) is 3.07. The van der Waals surface area contributed by atoms with Crippen LogP contribution >= 0.6 is 0 Å². The minimum Gasteiger partial charge on any atom is -0.393 e. The van der Waals surface area contributed by atoms with Crippen LogP contribution in [0, 0.1) is 11.7 Å². The van der Waals surface area contributed by atoms with Crippen molar-refractivity contribution < 1.29 is 17.9 Å². The van der Waals surface area contributed by atoms with E-state index in [-0.39, 0.29) is 16.9 Å². The Balaban J connectivity index is 1.93. The molecule has 3 rings (SSSR count). The Hall–Kier alpha value is -0.980. The lowest BCUT2D eigenvalue weighted by atomic mass is 9.95. The van der Waals surface area contributed by atoms with Gasteiger partial charge in [-0.25, -0.2) is 12.8 Å². The van der Waals surface area contributed by atoms with Crippen LogP contribution < -0.4 is 0 Å². The van der Waals surface area contributed by atoms with E-state index in [0.29, 0.717) is 6.54 Å². The van der Waals surface area contributed by atoms with E-state index in [1.807, 2.05) is 0 Å². The molecule has 0 radical (unpaired) electrons. The van der Waals surface area contributed by atoms with Crippen molar-refractivity contribution in [3.05, 3.63) is 30.1 Å². The number of hydrogen-bond donors (Lipinski definition) is 1. The summed E-state index contributed by atoms with van der Waals surface area (Å²) in [5, 5.41) is 10.1. The molecule has 0 amide bonds. The van der Waals surface area contributed by atoms with E-state index in [4.69, 9.17) is 0 Å². The summed E-state index contributed by atoms with van der Waals surface area (Å²) in [4.78, 5) is -0.260. The SMILES string of the molecule is O=S(=O)(c1ccccc1F)N1CCCC1C1CCCC1O. The third kappa shape index (κ3) is 2.60. The Labute approximate surface area is 124 Å². The molecule has 3 unspecified atom stereocenters. The lowest BCUT2D eigenvalue weighted by molar-refractivity contribution is 0.0974. The minimum absolute atomic E-state index is 0.0194. The van der Waals surface area contributed by atoms with E-state index in [1.165, 1.54) is 28.6 Å². The van der Waals surface area contributed by atoms with Crippen LogP contribution in [0.3, 0.4) is 0 Å². The van der Waals surface area contributed by atoms with Gasteiger partial charge in [0.15, 0.2) is 0 Å². The lowest BCUT2D eigenvalue weighted by Crippen LogP contribution is -2.42. The molecule has 0 bridgehead atoms. The Morgan fingerprint density at radius 3 is 2.57 bits per heavy atom. The maximum absolute atomic E-state index is 13.9. The van der Waals surface area contributed by atoms with Crippen LogP contribution in [0.15, 0.2) is 29.2 Å². The van der Waals surface area contributed by atoms with Gasteiger partial charge in [-0.2, -0.15) is 4.31 Å². The van der Waals surface area contributed by atoms with E-state index in [0.717, 1.165) is 32.1 Å². The number of halogens is 1. The molecule has 3 atom stereocenters.